The van der Waals surface area contributed by atoms with E-state index in [2.05, 4.69) is 50.4 Å². The van der Waals surface area contributed by atoms with Crippen molar-refractivity contribution >= 4 is 5.57 Å². The van der Waals surface area contributed by atoms with E-state index in [-0.39, 0.29) is 5.41 Å². The number of benzene rings is 1. The second-order valence-electron chi connectivity index (χ2n) is 10.5. The molecule has 31 heavy (non-hydrogen) atoms. The molecule has 1 aromatic rings. The number of ether oxygens (including phenoxy) is 1. The Morgan fingerprint density at radius 3 is 2.29 bits per heavy atom. The molecule has 0 saturated heterocycles. The molecule has 2 atom stereocenters. The summed E-state index contributed by atoms with van der Waals surface area (Å²) in [5.74, 6) is 1.50. The predicted molar refractivity (Wildman–Crippen MR) is 133 cm³/mol. The topological polar surface area (TPSA) is 21.3 Å². The largest absolute Gasteiger partial charge is 0.380 e. The van der Waals surface area contributed by atoms with E-state index in [9.17, 15) is 0 Å². The lowest BCUT2D eigenvalue weighted by atomic mass is 9.74. The Balaban J connectivity index is 1.80. The third kappa shape index (κ3) is 4.96. The highest BCUT2D eigenvalue weighted by Crippen LogP contribution is 2.52. The molecule has 172 valence electrons. The Morgan fingerprint density at radius 2 is 1.65 bits per heavy atom. The molecule has 1 aromatic carbocycles. The van der Waals surface area contributed by atoms with Gasteiger partial charge in [0.25, 0.3) is 0 Å². The molecule has 0 aromatic heterocycles. The number of rotatable bonds is 9. The highest BCUT2D eigenvalue weighted by molar-refractivity contribution is 5.81. The van der Waals surface area contributed by atoms with Gasteiger partial charge in [-0.3, -0.25) is 0 Å². The van der Waals surface area contributed by atoms with Gasteiger partial charge in [0.1, 0.15) is 0 Å². The minimum Gasteiger partial charge on any atom is -0.380 e. The number of nitrogens with one attached hydrogen (secondary N) is 1. The Hall–Kier alpha value is -1.12. The molecular formula is C29H45NO. The second-order valence-corrected chi connectivity index (χ2v) is 10.5. The minimum atomic E-state index is 0.0182. The van der Waals surface area contributed by atoms with E-state index in [1.807, 2.05) is 0 Å². The highest BCUT2D eigenvalue weighted by atomic mass is 16.5. The SMILES string of the molecule is CCNC(C)CC1(COCC)C=C(C2CCCCC2)c2c(C3CCCCC3)cccc21. The van der Waals surface area contributed by atoms with Crippen LogP contribution in [0.15, 0.2) is 24.3 Å². The van der Waals surface area contributed by atoms with Gasteiger partial charge < -0.3 is 10.1 Å². The summed E-state index contributed by atoms with van der Waals surface area (Å²) in [6.07, 6.45) is 17.8. The average molecular weight is 424 g/mol. The Kier molecular flexibility index (Phi) is 7.93. The third-order valence-electron chi connectivity index (χ3n) is 8.23. The summed E-state index contributed by atoms with van der Waals surface area (Å²) in [4.78, 5) is 0. The quantitative estimate of drug-likeness (QED) is 0.447. The monoisotopic (exact) mass is 423 g/mol. The molecule has 2 fully saturated rings. The molecule has 2 heteroatoms. The first-order valence-corrected chi connectivity index (χ1v) is 13.4. The normalized spacial score (nSPS) is 26.0. The maximum absolute atomic E-state index is 6.21. The fourth-order valence-electron chi connectivity index (χ4n) is 6.84. The molecular weight excluding hydrogens is 378 g/mol. The summed E-state index contributed by atoms with van der Waals surface area (Å²) in [5.41, 5.74) is 6.62. The van der Waals surface area contributed by atoms with E-state index in [4.69, 9.17) is 4.74 Å². The minimum absolute atomic E-state index is 0.0182. The van der Waals surface area contributed by atoms with Gasteiger partial charge in [0.2, 0.25) is 0 Å². The first-order valence-electron chi connectivity index (χ1n) is 13.4. The lowest BCUT2D eigenvalue weighted by molar-refractivity contribution is 0.103. The summed E-state index contributed by atoms with van der Waals surface area (Å²) < 4.78 is 6.21. The zero-order valence-electron chi connectivity index (χ0n) is 20.3. The van der Waals surface area contributed by atoms with Gasteiger partial charge in [-0.25, -0.2) is 0 Å². The van der Waals surface area contributed by atoms with Crippen molar-refractivity contribution in [3.63, 3.8) is 0 Å². The van der Waals surface area contributed by atoms with Gasteiger partial charge in [-0.2, -0.15) is 0 Å². The van der Waals surface area contributed by atoms with E-state index in [1.54, 1.807) is 22.3 Å². The molecule has 2 saturated carbocycles. The first-order chi connectivity index (χ1) is 15.2. The molecule has 1 N–H and O–H groups in total. The van der Waals surface area contributed by atoms with Gasteiger partial charge in [0.05, 0.1) is 6.61 Å². The molecule has 2 unspecified atom stereocenters. The lowest BCUT2D eigenvalue weighted by Gasteiger charge is -2.33. The van der Waals surface area contributed by atoms with Crippen molar-refractivity contribution in [2.75, 3.05) is 19.8 Å². The molecule has 0 heterocycles. The van der Waals surface area contributed by atoms with Crippen LogP contribution in [0, 0.1) is 5.92 Å². The molecule has 3 aliphatic carbocycles. The first kappa shape index (κ1) is 23.1. The van der Waals surface area contributed by atoms with Crippen molar-refractivity contribution in [3.05, 3.63) is 41.0 Å². The van der Waals surface area contributed by atoms with Gasteiger partial charge in [-0.05, 0) is 86.6 Å². The predicted octanol–water partition coefficient (Wildman–Crippen LogP) is 7.37. The van der Waals surface area contributed by atoms with E-state index >= 15 is 0 Å². The van der Waals surface area contributed by atoms with Crippen molar-refractivity contribution in [2.24, 2.45) is 5.92 Å². The summed E-state index contributed by atoms with van der Waals surface area (Å²) in [7, 11) is 0. The van der Waals surface area contributed by atoms with Crippen LogP contribution in [0.25, 0.3) is 5.57 Å². The fraction of sp³-hybridized carbons (Fsp3) is 0.724. The highest BCUT2D eigenvalue weighted by Gasteiger charge is 2.43. The Labute approximate surface area is 191 Å². The second kappa shape index (κ2) is 10.7. The van der Waals surface area contributed by atoms with Gasteiger partial charge >= 0.3 is 0 Å². The number of hydrogen-bond donors (Lipinski definition) is 1. The van der Waals surface area contributed by atoms with Crippen LogP contribution >= 0.6 is 0 Å². The maximum atomic E-state index is 6.21. The van der Waals surface area contributed by atoms with Gasteiger partial charge in [-0.15, -0.1) is 0 Å². The smallest absolute Gasteiger partial charge is 0.0598 e. The van der Waals surface area contributed by atoms with E-state index < -0.39 is 0 Å². The van der Waals surface area contributed by atoms with Crippen LogP contribution in [0.1, 0.15) is 114 Å². The van der Waals surface area contributed by atoms with Crippen molar-refractivity contribution in [1.29, 1.82) is 0 Å². The molecule has 4 rings (SSSR count). The molecule has 0 amide bonds. The maximum Gasteiger partial charge on any atom is 0.0598 e. The molecule has 0 radical (unpaired) electrons. The lowest BCUT2D eigenvalue weighted by Crippen LogP contribution is -2.38. The van der Waals surface area contributed by atoms with Gasteiger partial charge in [0.15, 0.2) is 0 Å². The average Bonchev–Trinajstić information content (AvgIpc) is 3.13. The van der Waals surface area contributed by atoms with Crippen molar-refractivity contribution in [1.82, 2.24) is 5.32 Å². The number of fused-ring (bicyclic) bond motifs is 1. The molecule has 2 nitrogen and oxygen atoms in total. The van der Waals surface area contributed by atoms with Crippen LogP contribution < -0.4 is 5.32 Å². The van der Waals surface area contributed by atoms with Crippen molar-refractivity contribution in [3.8, 4) is 0 Å². The van der Waals surface area contributed by atoms with E-state index in [0.29, 0.717) is 6.04 Å². The van der Waals surface area contributed by atoms with Crippen LogP contribution in [-0.4, -0.2) is 25.8 Å². The van der Waals surface area contributed by atoms with Crippen LogP contribution in [0.4, 0.5) is 0 Å². The zero-order valence-corrected chi connectivity index (χ0v) is 20.3. The van der Waals surface area contributed by atoms with E-state index in [0.717, 1.165) is 38.0 Å². The zero-order chi connectivity index (χ0) is 21.7. The third-order valence-corrected chi connectivity index (χ3v) is 8.23. The van der Waals surface area contributed by atoms with Crippen LogP contribution in [0.2, 0.25) is 0 Å². The molecule has 0 aliphatic heterocycles. The summed E-state index contributed by atoms with van der Waals surface area (Å²) in [5, 5.41) is 3.69. The Bertz CT molecular complexity index is 741. The van der Waals surface area contributed by atoms with Crippen LogP contribution in [0.3, 0.4) is 0 Å². The fourth-order valence-corrected chi connectivity index (χ4v) is 6.84. The summed E-state index contributed by atoms with van der Waals surface area (Å²) in [6.45, 7) is 9.35. The Morgan fingerprint density at radius 1 is 0.968 bits per heavy atom. The van der Waals surface area contributed by atoms with E-state index in [1.165, 1.54) is 64.2 Å². The summed E-state index contributed by atoms with van der Waals surface area (Å²) >= 11 is 0. The molecule has 0 bridgehead atoms. The van der Waals surface area contributed by atoms with Crippen molar-refractivity contribution < 1.29 is 4.74 Å². The van der Waals surface area contributed by atoms with Gasteiger partial charge in [0, 0.05) is 18.1 Å². The number of allylic oxidation sites excluding steroid dienone is 1. The molecule has 0 spiro atoms. The number of hydrogen-bond acceptors (Lipinski definition) is 2. The van der Waals surface area contributed by atoms with Crippen molar-refractivity contribution in [2.45, 2.75) is 109 Å². The summed E-state index contributed by atoms with van der Waals surface area (Å²) in [6, 6.07) is 7.78. The van der Waals surface area contributed by atoms with Gasteiger partial charge in [-0.1, -0.05) is 69.7 Å². The van der Waals surface area contributed by atoms with Crippen LogP contribution in [-0.2, 0) is 10.2 Å². The van der Waals surface area contributed by atoms with Crippen LogP contribution in [0.5, 0.6) is 0 Å². The standard InChI is InChI=1S/C29H45NO/c1-4-30-22(3)19-29(21-31-5-2)20-26(24-15-10-7-11-16-24)28-25(17-12-18-27(28)29)23-13-8-6-9-14-23/h12,17-18,20,22-24,30H,4-11,13-16,19,21H2,1-3H3. The molecule has 3 aliphatic rings.